The summed E-state index contributed by atoms with van der Waals surface area (Å²) in [6, 6.07) is 0. The Balaban J connectivity index is 2.91. The van der Waals surface area contributed by atoms with Gasteiger partial charge >= 0.3 is 24.0 Å². The molecular weight excluding hydrogens is 282 g/mol. The fraction of sp³-hybridized carbons (Fsp3) is 0.571. The molecule has 0 saturated heterocycles. The average molecular weight is 289 g/mol. The molecule has 2 N–H and O–H groups in total. The van der Waals surface area contributed by atoms with Crippen LogP contribution in [0, 0.1) is 0 Å². The Morgan fingerprint density at radius 1 is 1.56 bits per heavy atom. The van der Waals surface area contributed by atoms with Crippen molar-refractivity contribution in [2.45, 2.75) is 24.0 Å². The van der Waals surface area contributed by atoms with Crippen LogP contribution < -0.4 is 5.69 Å². The van der Waals surface area contributed by atoms with Crippen molar-refractivity contribution in [3.63, 3.8) is 0 Å². The van der Waals surface area contributed by atoms with E-state index in [4.69, 9.17) is 5.11 Å². The van der Waals surface area contributed by atoms with E-state index in [1.807, 2.05) is 0 Å². The van der Waals surface area contributed by atoms with E-state index in [0.29, 0.717) is 11.8 Å². The van der Waals surface area contributed by atoms with Crippen LogP contribution in [0.4, 0.5) is 17.6 Å². The summed E-state index contributed by atoms with van der Waals surface area (Å²) in [5.41, 5.74) is -1.11. The molecule has 0 aliphatic carbocycles. The Labute approximate surface area is 101 Å². The number of carboxylic acids is 1. The van der Waals surface area contributed by atoms with Crippen LogP contribution in [0.1, 0.15) is 0 Å². The summed E-state index contributed by atoms with van der Waals surface area (Å²) in [6.45, 7) is -1.57. The van der Waals surface area contributed by atoms with Gasteiger partial charge in [0.05, 0.1) is 12.3 Å². The highest BCUT2D eigenvalue weighted by molar-refractivity contribution is 7.99. The number of halogens is 4. The maximum atomic E-state index is 12.8. The third-order valence-electron chi connectivity index (χ3n) is 1.74. The first-order valence-corrected chi connectivity index (χ1v) is 5.38. The fourth-order valence-electron chi connectivity index (χ4n) is 0.959. The van der Waals surface area contributed by atoms with E-state index in [2.05, 4.69) is 5.10 Å². The number of rotatable bonds is 6. The van der Waals surface area contributed by atoms with Gasteiger partial charge in [0.15, 0.2) is 5.16 Å². The molecule has 1 heterocycles. The van der Waals surface area contributed by atoms with Gasteiger partial charge in [-0.25, -0.2) is 18.7 Å². The lowest BCUT2D eigenvalue weighted by atomic mass is 10.3. The van der Waals surface area contributed by atoms with Gasteiger partial charge in [0, 0.05) is 0 Å². The second-order valence-corrected chi connectivity index (χ2v) is 4.08. The van der Waals surface area contributed by atoms with Crippen molar-refractivity contribution in [3.8, 4) is 0 Å². The Morgan fingerprint density at radius 3 is 2.67 bits per heavy atom. The summed E-state index contributed by atoms with van der Waals surface area (Å²) < 4.78 is 49.8. The monoisotopic (exact) mass is 289 g/mol. The van der Waals surface area contributed by atoms with Gasteiger partial charge in [0.2, 0.25) is 0 Å². The number of H-pyrrole nitrogens is 1. The fourth-order valence-corrected chi connectivity index (χ4v) is 1.63. The number of thioether (sulfide) groups is 1. The van der Waals surface area contributed by atoms with E-state index in [1.165, 1.54) is 0 Å². The van der Waals surface area contributed by atoms with Gasteiger partial charge in [0.25, 0.3) is 0 Å². The van der Waals surface area contributed by atoms with Gasteiger partial charge < -0.3 is 5.11 Å². The lowest BCUT2D eigenvalue weighted by molar-refractivity contribution is -0.139. The minimum atomic E-state index is -4.40. The van der Waals surface area contributed by atoms with Crippen LogP contribution >= 0.6 is 11.8 Å². The molecule has 0 fully saturated rings. The van der Waals surface area contributed by atoms with Crippen molar-refractivity contribution in [1.29, 1.82) is 0 Å². The lowest BCUT2D eigenvalue weighted by Crippen LogP contribution is -2.36. The number of hydrogen-bond acceptors (Lipinski definition) is 4. The number of aromatic amines is 1. The van der Waals surface area contributed by atoms with E-state index in [0.717, 1.165) is 0 Å². The number of carboxylic acid groups (broad SMARTS) is 1. The highest BCUT2D eigenvalue weighted by atomic mass is 32.2. The van der Waals surface area contributed by atoms with E-state index in [9.17, 15) is 27.2 Å². The van der Waals surface area contributed by atoms with Crippen LogP contribution in [-0.4, -0.2) is 43.9 Å². The van der Waals surface area contributed by atoms with Crippen LogP contribution in [-0.2, 0) is 11.3 Å². The molecule has 6 nitrogen and oxygen atoms in total. The van der Waals surface area contributed by atoms with Crippen LogP contribution in [0.3, 0.4) is 0 Å². The first-order valence-electron chi connectivity index (χ1n) is 4.40. The summed E-state index contributed by atoms with van der Waals surface area (Å²) in [6.07, 6.45) is -3.93. The smallest absolute Gasteiger partial charge is 0.344 e. The maximum Gasteiger partial charge on any atom is 0.344 e. The van der Waals surface area contributed by atoms with Gasteiger partial charge in [-0.3, -0.25) is 9.36 Å². The van der Waals surface area contributed by atoms with Gasteiger partial charge in [0.1, 0.15) is 0 Å². The number of alkyl halides is 4. The minimum Gasteiger partial charge on any atom is -0.481 e. The van der Waals surface area contributed by atoms with Crippen molar-refractivity contribution >= 4 is 17.7 Å². The second kappa shape index (κ2) is 5.42. The predicted octanol–water partition coefficient (Wildman–Crippen LogP) is 0.648. The van der Waals surface area contributed by atoms with Crippen molar-refractivity contribution in [2.24, 2.45) is 0 Å². The summed E-state index contributed by atoms with van der Waals surface area (Å²) in [4.78, 5) is 21.4. The van der Waals surface area contributed by atoms with Crippen LogP contribution in [0.2, 0.25) is 0 Å². The molecule has 0 atom stereocenters. The lowest BCUT2D eigenvalue weighted by Gasteiger charge is -2.15. The molecular formula is C7H7F4N3O3S. The van der Waals surface area contributed by atoms with Crippen LogP contribution in [0.5, 0.6) is 0 Å². The van der Waals surface area contributed by atoms with E-state index in [-0.39, 0.29) is 9.72 Å². The molecule has 102 valence electrons. The van der Waals surface area contributed by atoms with Gasteiger partial charge in [-0.15, -0.1) is 5.10 Å². The molecule has 11 heteroatoms. The molecule has 1 aromatic rings. The van der Waals surface area contributed by atoms with Crippen molar-refractivity contribution in [1.82, 2.24) is 14.8 Å². The maximum absolute atomic E-state index is 12.8. The molecule has 1 rings (SSSR count). The number of aliphatic carboxylic acids is 1. The van der Waals surface area contributed by atoms with E-state index in [1.54, 1.807) is 5.10 Å². The molecule has 0 aromatic carbocycles. The third-order valence-corrected chi connectivity index (χ3v) is 2.70. The molecule has 0 amide bonds. The van der Waals surface area contributed by atoms with Crippen molar-refractivity contribution in [3.05, 3.63) is 10.5 Å². The summed E-state index contributed by atoms with van der Waals surface area (Å²) in [5, 5.41) is 13.1. The molecule has 0 saturated carbocycles. The summed E-state index contributed by atoms with van der Waals surface area (Å²) >= 11 is 0.471. The molecule has 0 radical (unpaired) electrons. The Hall–Kier alpha value is -1.52. The van der Waals surface area contributed by atoms with Gasteiger partial charge in [-0.2, -0.15) is 8.78 Å². The highest BCUT2D eigenvalue weighted by Crippen LogP contribution is 2.26. The summed E-state index contributed by atoms with van der Waals surface area (Å²) in [5.74, 6) is -6.20. The quantitative estimate of drug-likeness (QED) is 0.593. The number of carbonyl (C=O) groups is 1. The number of nitrogens with one attached hydrogen (secondary N) is 1. The molecule has 0 aliphatic rings. The zero-order valence-corrected chi connectivity index (χ0v) is 9.39. The topological polar surface area (TPSA) is 88.0 Å². The molecule has 0 spiro atoms. The van der Waals surface area contributed by atoms with Crippen LogP contribution in [0.25, 0.3) is 0 Å². The largest absolute Gasteiger partial charge is 0.481 e. The average Bonchev–Trinajstić information content (AvgIpc) is 2.57. The first-order chi connectivity index (χ1) is 8.24. The zero-order valence-electron chi connectivity index (χ0n) is 8.57. The zero-order chi connectivity index (χ0) is 13.9. The summed E-state index contributed by atoms with van der Waals surface area (Å²) in [7, 11) is 0. The SMILES string of the molecule is O=C(O)CSc1n[nH]c(=O)n1CC(F)(F)C(F)F. The number of nitrogens with zero attached hydrogens (tertiary/aromatic N) is 2. The number of hydrogen-bond donors (Lipinski definition) is 2. The van der Waals surface area contributed by atoms with Crippen LogP contribution in [0.15, 0.2) is 9.95 Å². The molecule has 1 aromatic heterocycles. The van der Waals surface area contributed by atoms with E-state index >= 15 is 0 Å². The van der Waals surface area contributed by atoms with Gasteiger partial charge in [-0.1, -0.05) is 11.8 Å². The predicted molar refractivity (Wildman–Crippen MR) is 52.2 cm³/mol. The standard InChI is InChI=1S/C7H7F4N3O3S/c8-4(9)7(10,11)2-14-5(17)12-13-6(14)18-1-3(15)16/h4H,1-2H2,(H,12,17)(H,15,16). The highest BCUT2D eigenvalue weighted by Gasteiger charge is 2.42. The second-order valence-electron chi connectivity index (χ2n) is 3.14. The Morgan fingerprint density at radius 2 is 2.17 bits per heavy atom. The van der Waals surface area contributed by atoms with Crippen molar-refractivity contribution in [2.75, 3.05) is 5.75 Å². The van der Waals surface area contributed by atoms with Crippen molar-refractivity contribution < 1.29 is 27.5 Å². The molecule has 0 unspecified atom stereocenters. The molecule has 0 bridgehead atoms. The normalized spacial score (nSPS) is 12.1. The van der Waals surface area contributed by atoms with Gasteiger partial charge in [-0.05, 0) is 0 Å². The Kier molecular flexibility index (Phi) is 4.38. The van der Waals surface area contributed by atoms with E-state index < -0.39 is 36.3 Å². The number of aromatic nitrogens is 3. The third kappa shape index (κ3) is 3.48. The molecule has 0 aliphatic heterocycles. The molecule has 18 heavy (non-hydrogen) atoms. The minimum absolute atomic E-state index is 0.278. The first kappa shape index (κ1) is 14.5. The Bertz CT molecular complexity index is 487.